The second-order valence-corrected chi connectivity index (χ2v) is 8.56. The number of carbonyl (C=O) groups excluding carboxylic acids is 3. The molecule has 2 N–H and O–H groups in total. The molecule has 0 saturated carbocycles. The van der Waals surface area contributed by atoms with Crippen LogP contribution in [0.3, 0.4) is 0 Å². The quantitative estimate of drug-likeness (QED) is 0.403. The molecule has 0 aromatic heterocycles. The molecule has 1 atom stereocenters. The van der Waals surface area contributed by atoms with Gasteiger partial charge in [0.15, 0.2) is 0 Å². The van der Waals surface area contributed by atoms with Crippen molar-refractivity contribution in [1.82, 2.24) is 15.3 Å². The molecule has 0 aliphatic carbocycles. The number of hydrogen-bond donors (Lipinski definition) is 2. The molecule has 1 fully saturated rings. The third kappa shape index (κ3) is 5.27. The number of hydrogen-bond acceptors (Lipinski definition) is 4. The minimum Gasteiger partial charge on any atom is -0.327 e. The van der Waals surface area contributed by atoms with Crippen LogP contribution in [0.25, 0.3) is 0 Å². The van der Waals surface area contributed by atoms with E-state index in [0.717, 1.165) is 16.7 Å². The van der Waals surface area contributed by atoms with Gasteiger partial charge < -0.3 is 9.80 Å². The van der Waals surface area contributed by atoms with Gasteiger partial charge in [0.05, 0.1) is 0 Å². The predicted octanol–water partition coefficient (Wildman–Crippen LogP) is 3.44. The van der Waals surface area contributed by atoms with Crippen LogP contribution >= 0.6 is 11.6 Å². The number of piperazine rings is 1. The van der Waals surface area contributed by atoms with E-state index in [1.807, 2.05) is 48.5 Å². The standard InChI is InChI=1S/C26H24ClN3O4/c27-22-9-5-4-8-21(22)16-30-23(14-18-6-2-1-3-7-18)26(33)29(17-24(30)31)15-19-10-12-20(13-11-19)25(32)28-34/h1-13,23,34H,14-17H2,(H,28,32)/t23-/m1/s1. The lowest BCUT2D eigenvalue weighted by Crippen LogP contribution is -2.59. The van der Waals surface area contributed by atoms with Crippen LogP contribution in [0.4, 0.5) is 0 Å². The largest absolute Gasteiger partial charge is 0.327 e. The van der Waals surface area contributed by atoms with Gasteiger partial charge in [-0.1, -0.05) is 72.3 Å². The fourth-order valence-corrected chi connectivity index (χ4v) is 4.27. The highest BCUT2D eigenvalue weighted by Crippen LogP contribution is 2.24. The van der Waals surface area contributed by atoms with E-state index in [1.165, 1.54) is 0 Å². The number of nitrogens with zero attached hydrogens (tertiary/aromatic N) is 2. The average Bonchev–Trinajstić information content (AvgIpc) is 2.86. The van der Waals surface area contributed by atoms with Gasteiger partial charge in [0.25, 0.3) is 5.91 Å². The van der Waals surface area contributed by atoms with Gasteiger partial charge >= 0.3 is 0 Å². The molecule has 3 amide bonds. The fraction of sp³-hybridized carbons (Fsp3) is 0.192. The molecule has 8 heteroatoms. The lowest BCUT2D eigenvalue weighted by molar-refractivity contribution is -0.157. The summed E-state index contributed by atoms with van der Waals surface area (Å²) in [6.45, 7) is 0.435. The summed E-state index contributed by atoms with van der Waals surface area (Å²) in [7, 11) is 0. The van der Waals surface area contributed by atoms with Crippen molar-refractivity contribution in [3.63, 3.8) is 0 Å². The van der Waals surface area contributed by atoms with Gasteiger partial charge in [0.2, 0.25) is 11.8 Å². The zero-order valence-electron chi connectivity index (χ0n) is 18.4. The van der Waals surface area contributed by atoms with Crippen molar-refractivity contribution >= 4 is 29.3 Å². The van der Waals surface area contributed by atoms with Crippen molar-refractivity contribution < 1.29 is 19.6 Å². The summed E-state index contributed by atoms with van der Waals surface area (Å²) in [5.74, 6) is -0.918. The van der Waals surface area contributed by atoms with Crippen LogP contribution in [-0.4, -0.2) is 45.3 Å². The van der Waals surface area contributed by atoms with Gasteiger partial charge in [-0.15, -0.1) is 0 Å². The Morgan fingerprint density at radius 2 is 1.59 bits per heavy atom. The molecule has 1 saturated heterocycles. The number of carbonyl (C=O) groups is 3. The van der Waals surface area contributed by atoms with E-state index in [0.29, 0.717) is 17.0 Å². The molecule has 1 aliphatic heterocycles. The normalized spacial score (nSPS) is 16.0. The molecule has 0 radical (unpaired) electrons. The van der Waals surface area contributed by atoms with Crippen LogP contribution in [0.5, 0.6) is 0 Å². The molecule has 174 valence electrons. The minimum absolute atomic E-state index is 0.0482. The van der Waals surface area contributed by atoms with Crippen molar-refractivity contribution in [3.8, 4) is 0 Å². The number of nitrogens with one attached hydrogen (secondary N) is 1. The van der Waals surface area contributed by atoms with Crippen LogP contribution in [0, 0.1) is 0 Å². The SMILES string of the molecule is O=C(NO)c1ccc(CN2CC(=O)N(Cc3ccccc3Cl)[C@H](Cc3ccccc3)C2=O)cc1. The van der Waals surface area contributed by atoms with E-state index in [2.05, 4.69) is 0 Å². The first-order valence-electron chi connectivity index (χ1n) is 10.8. The summed E-state index contributed by atoms with van der Waals surface area (Å²) in [5, 5.41) is 9.33. The van der Waals surface area contributed by atoms with Crippen LogP contribution in [-0.2, 0) is 29.1 Å². The van der Waals surface area contributed by atoms with Gasteiger partial charge in [-0.25, -0.2) is 5.48 Å². The lowest BCUT2D eigenvalue weighted by Gasteiger charge is -2.40. The molecular weight excluding hydrogens is 454 g/mol. The van der Waals surface area contributed by atoms with Crippen LogP contribution in [0.15, 0.2) is 78.9 Å². The van der Waals surface area contributed by atoms with E-state index in [-0.39, 0.29) is 31.4 Å². The Kier molecular flexibility index (Phi) is 7.25. The maximum absolute atomic E-state index is 13.6. The van der Waals surface area contributed by atoms with Gasteiger partial charge in [-0.05, 0) is 34.9 Å². The lowest BCUT2D eigenvalue weighted by atomic mass is 9.99. The van der Waals surface area contributed by atoms with E-state index in [4.69, 9.17) is 16.8 Å². The Balaban J connectivity index is 1.58. The Morgan fingerprint density at radius 3 is 2.26 bits per heavy atom. The van der Waals surface area contributed by atoms with Crippen molar-refractivity contribution in [2.45, 2.75) is 25.6 Å². The first-order valence-corrected chi connectivity index (χ1v) is 11.2. The Bertz CT molecular complexity index is 1180. The number of amides is 3. The van der Waals surface area contributed by atoms with Crippen LogP contribution < -0.4 is 5.48 Å². The van der Waals surface area contributed by atoms with Gasteiger partial charge in [0.1, 0.15) is 12.6 Å². The third-order valence-electron chi connectivity index (χ3n) is 5.88. The Morgan fingerprint density at radius 1 is 0.912 bits per heavy atom. The molecule has 0 spiro atoms. The maximum atomic E-state index is 13.6. The maximum Gasteiger partial charge on any atom is 0.274 e. The molecule has 7 nitrogen and oxygen atoms in total. The summed E-state index contributed by atoms with van der Waals surface area (Å²) in [6.07, 6.45) is 0.391. The number of benzene rings is 3. The van der Waals surface area contributed by atoms with Crippen LogP contribution in [0.1, 0.15) is 27.0 Å². The molecular formula is C26H24ClN3O4. The highest BCUT2D eigenvalue weighted by atomic mass is 35.5. The monoisotopic (exact) mass is 477 g/mol. The Hall–Kier alpha value is -3.68. The molecule has 0 bridgehead atoms. The van der Waals surface area contributed by atoms with Crippen molar-refractivity contribution in [3.05, 3.63) is 106 Å². The van der Waals surface area contributed by atoms with Gasteiger partial charge in [-0.2, -0.15) is 0 Å². The van der Waals surface area contributed by atoms with E-state index < -0.39 is 11.9 Å². The van der Waals surface area contributed by atoms with E-state index in [9.17, 15) is 14.4 Å². The molecule has 3 aromatic carbocycles. The first kappa shape index (κ1) is 23.5. The number of hydroxylamine groups is 1. The highest BCUT2D eigenvalue weighted by molar-refractivity contribution is 6.31. The highest BCUT2D eigenvalue weighted by Gasteiger charge is 2.39. The summed E-state index contributed by atoms with van der Waals surface area (Å²) in [5.41, 5.74) is 4.40. The molecule has 1 aliphatic rings. The topological polar surface area (TPSA) is 89.9 Å². The Labute approximate surface area is 202 Å². The minimum atomic E-state index is -0.667. The number of halogens is 1. The molecule has 1 heterocycles. The second kappa shape index (κ2) is 10.5. The van der Waals surface area contributed by atoms with Gasteiger partial charge in [-0.3, -0.25) is 19.6 Å². The predicted molar refractivity (Wildman–Crippen MR) is 127 cm³/mol. The van der Waals surface area contributed by atoms with E-state index >= 15 is 0 Å². The van der Waals surface area contributed by atoms with Crippen molar-refractivity contribution in [2.75, 3.05) is 6.54 Å². The average molecular weight is 478 g/mol. The first-order chi connectivity index (χ1) is 16.5. The summed E-state index contributed by atoms with van der Waals surface area (Å²) in [6, 6.07) is 22.8. The summed E-state index contributed by atoms with van der Waals surface area (Å²) in [4.78, 5) is 41.5. The summed E-state index contributed by atoms with van der Waals surface area (Å²) < 4.78 is 0. The number of rotatable bonds is 7. The molecule has 3 aromatic rings. The molecule has 34 heavy (non-hydrogen) atoms. The van der Waals surface area contributed by atoms with E-state index in [1.54, 1.807) is 45.6 Å². The zero-order chi connectivity index (χ0) is 24.1. The van der Waals surface area contributed by atoms with Crippen molar-refractivity contribution in [2.24, 2.45) is 0 Å². The third-order valence-corrected chi connectivity index (χ3v) is 6.25. The second-order valence-electron chi connectivity index (χ2n) is 8.15. The van der Waals surface area contributed by atoms with Crippen LogP contribution in [0.2, 0.25) is 5.02 Å². The van der Waals surface area contributed by atoms with Crippen molar-refractivity contribution in [1.29, 1.82) is 0 Å². The smallest absolute Gasteiger partial charge is 0.274 e. The summed E-state index contributed by atoms with van der Waals surface area (Å²) >= 11 is 6.34. The molecule has 4 rings (SSSR count). The molecule has 0 unspecified atom stereocenters. The van der Waals surface area contributed by atoms with Gasteiger partial charge in [0, 0.05) is 30.1 Å². The zero-order valence-corrected chi connectivity index (χ0v) is 19.1. The fourth-order valence-electron chi connectivity index (χ4n) is 4.07.